The molecule has 0 radical (unpaired) electrons. The van der Waals surface area contributed by atoms with Gasteiger partial charge in [-0.3, -0.25) is 4.79 Å². The van der Waals surface area contributed by atoms with Crippen molar-refractivity contribution in [2.45, 2.75) is 36.5 Å². The van der Waals surface area contributed by atoms with Crippen LogP contribution in [0, 0.1) is 29.5 Å². The van der Waals surface area contributed by atoms with Gasteiger partial charge < -0.3 is 25.2 Å². The maximum atomic E-state index is 15.8. The molecule has 2 aliphatic carbocycles. The van der Waals surface area contributed by atoms with Crippen molar-refractivity contribution in [3.63, 3.8) is 0 Å². The lowest BCUT2D eigenvalue weighted by atomic mass is 9.72. The average Bonchev–Trinajstić information content (AvgIpc) is 3.48. The first-order valence-electron chi connectivity index (χ1n) is 16.8. The quantitative estimate of drug-likeness (QED) is 0.167. The van der Waals surface area contributed by atoms with Gasteiger partial charge in [-0.05, 0) is 54.3 Å². The van der Waals surface area contributed by atoms with Crippen LogP contribution < -0.4 is 10.6 Å². The van der Waals surface area contributed by atoms with Crippen molar-refractivity contribution in [1.82, 2.24) is 10.6 Å². The van der Waals surface area contributed by atoms with E-state index in [-0.39, 0.29) is 43.0 Å². The predicted octanol–water partition coefficient (Wildman–Crippen LogP) is 7.61. The van der Waals surface area contributed by atoms with Gasteiger partial charge in [0.05, 0.1) is 43.2 Å². The molecule has 3 aromatic rings. The van der Waals surface area contributed by atoms with E-state index in [1.165, 1.54) is 6.07 Å². The summed E-state index contributed by atoms with van der Waals surface area (Å²) in [5.41, 5.74) is 0.447. The van der Waals surface area contributed by atoms with Crippen LogP contribution in [-0.2, 0) is 20.6 Å². The van der Waals surface area contributed by atoms with Crippen molar-refractivity contribution in [2.24, 2.45) is 11.8 Å². The SMILES string of the molecule is C=C(NC(=O)c1ccccc1)N[C@@]1(c2cc(Br)ccc2F)CO[C@H](COC(C2=CC=CCC2)(c2ccccc2)C2C#CC/C=C\C=C/2)[C@H]1CO. The number of amides is 1. The third-order valence-corrected chi connectivity index (χ3v) is 10.0. The van der Waals surface area contributed by atoms with Crippen molar-refractivity contribution >= 4 is 21.8 Å². The third kappa shape index (κ3) is 7.33. The zero-order valence-electron chi connectivity index (χ0n) is 27.7. The van der Waals surface area contributed by atoms with Crippen LogP contribution in [0.2, 0.25) is 0 Å². The lowest BCUT2D eigenvalue weighted by Crippen LogP contribution is -2.53. The first kappa shape index (κ1) is 35.3. The van der Waals surface area contributed by atoms with E-state index < -0.39 is 29.0 Å². The Labute approximate surface area is 301 Å². The van der Waals surface area contributed by atoms with Crippen LogP contribution >= 0.6 is 15.9 Å². The van der Waals surface area contributed by atoms with E-state index >= 15 is 4.39 Å². The maximum Gasteiger partial charge on any atom is 0.256 e. The van der Waals surface area contributed by atoms with Gasteiger partial charge in [0.25, 0.3) is 5.91 Å². The second-order valence-electron chi connectivity index (χ2n) is 12.5. The standard InChI is InChI=1S/C42H40BrFN2O4/c1-30(45-40(48)31-16-8-5-9-17-31)46-41(36-26-35(43)24-25-38(36)44)29-49-39(37(41)27-47)28-50-42(33-20-12-6-13-21-33,34-22-14-7-15-23-34)32-18-10-3-2-4-11-19-32/h2-3,5-10,12-14,16-18,20-22,24-26,32,37,39,46-47H,1,4,15,23,27-29H2,(H,45,48)/b3-2-,18-10-/t32?,37-,39-,41-,42?/m1/s1. The molecule has 2 unspecified atom stereocenters. The topological polar surface area (TPSA) is 79.8 Å². The van der Waals surface area contributed by atoms with Crippen molar-refractivity contribution in [1.29, 1.82) is 0 Å². The Kier molecular flexibility index (Phi) is 11.3. The van der Waals surface area contributed by atoms with Gasteiger partial charge in [0.1, 0.15) is 11.4 Å². The summed E-state index contributed by atoms with van der Waals surface area (Å²) in [6, 6.07) is 23.5. The van der Waals surface area contributed by atoms with Crippen molar-refractivity contribution in [2.75, 3.05) is 19.8 Å². The van der Waals surface area contributed by atoms with E-state index in [2.05, 4.69) is 81.4 Å². The molecule has 5 atom stereocenters. The van der Waals surface area contributed by atoms with E-state index in [0.29, 0.717) is 16.5 Å². The number of ether oxygens (including phenoxy) is 2. The largest absolute Gasteiger partial charge is 0.396 e. The number of aliphatic hydroxyl groups is 1. The molecular formula is C42H40BrFN2O4. The Morgan fingerprint density at radius 2 is 1.86 bits per heavy atom. The number of carbonyl (C=O) groups is 1. The first-order valence-corrected chi connectivity index (χ1v) is 17.6. The molecule has 1 heterocycles. The Morgan fingerprint density at radius 3 is 2.60 bits per heavy atom. The Morgan fingerprint density at radius 1 is 1.08 bits per heavy atom. The van der Waals surface area contributed by atoms with Crippen LogP contribution in [0.25, 0.3) is 0 Å². The fourth-order valence-corrected chi connectivity index (χ4v) is 7.47. The lowest BCUT2D eigenvalue weighted by molar-refractivity contribution is -0.0918. The number of hydrogen-bond acceptors (Lipinski definition) is 5. The summed E-state index contributed by atoms with van der Waals surface area (Å²) in [5.74, 6) is 5.02. The minimum atomic E-state index is -1.31. The molecular weight excluding hydrogens is 695 g/mol. The number of benzene rings is 3. The predicted molar refractivity (Wildman–Crippen MR) is 197 cm³/mol. The molecule has 0 saturated carbocycles. The van der Waals surface area contributed by atoms with Gasteiger partial charge >= 0.3 is 0 Å². The second-order valence-corrected chi connectivity index (χ2v) is 13.5. The summed E-state index contributed by atoms with van der Waals surface area (Å²) < 4.78 is 30.2. The molecule has 0 bridgehead atoms. The van der Waals surface area contributed by atoms with Crippen molar-refractivity contribution in [3.05, 3.63) is 166 Å². The molecule has 50 heavy (non-hydrogen) atoms. The minimum Gasteiger partial charge on any atom is -0.396 e. The van der Waals surface area contributed by atoms with E-state index in [1.807, 2.05) is 42.5 Å². The third-order valence-electron chi connectivity index (χ3n) is 9.52. The number of allylic oxidation sites excluding steroid dienone is 6. The molecule has 1 saturated heterocycles. The fourth-order valence-electron chi connectivity index (χ4n) is 7.11. The molecule has 3 N–H and O–H groups in total. The number of halogens is 2. The van der Waals surface area contributed by atoms with E-state index in [0.717, 1.165) is 24.0 Å². The summed E-state index contributed by atoms with van der Waals surface area (Å²) >= 11 is 3.49. The summed E-state index contributed by atoms with van der Waals surface area (Å²) in [6.07, 6.45) is 16.0. The Hall–Kier alpha value is -4.52. The second kappa shape index (κ2) is 16.0. The minimum absolute atomic E-state index is 0.0302. The van der Waals surface area contributed by atoms with Gasteiger partial charge in [-0.15, -0.1) is 0 Å². The van der Waals surface area contributed by atoms with Crippen molar-refractivity contribution in [3.8, 4) is 11.8 Å². The molecule has 1 fully saturated rings. The van der Waals surface area contributed by atoms with Gasteiger partial charge in [-0.2, -0.15) is 0 Å². The highest BCUT2D eigenvalue weighted by atomic mass is 79.9. The molecule has 3 aliphatic rings. The maximum absolute atomic E-state index is 15.8. The Balaban J connectivity index is 1.37. The van der Waals surface area contributed by atoms with Gasteiger partial charge in [-0.1, -0.05) is 125 Å². The number of hydrogen-bond donors (Lipinski definition) is 3. The van der Waals surface area contributed by atoms with Gasteiger partial charge in [-0.25, -0.2) is 4.39 Å². The van der Waals surface area contributed by atoms with Crippen LogP contribution in [0.4, 0.5) is 4.39 Å². The summed E-state index contributed by atoms with van der Waals surface area (Å²) in [6.45, 7) is 3.74. The van der Waals surface area contributed by atoms with Gasteiger partial charge in [0, 0.05) is 27.9 Å². The first-order chi connectivity index (χ1) is 24.4. The van der Waals surface area contributed by atoms with Crippen LogP contribution in [0.1, 0.15) is 40.7 Å². The number of carbonyl (C=O) groups excluding carboxylic acids is 1. The van der Waals surface area contributed by atoms with Gasteiger partial charge in [0.15, 0.2) is 0 Å². The zero-order chi connectivity index (χ0) is 35.0. The molecule has 0 aromatic heterocycles. The van der Waals surface area contributed by atoms with Gasteiger partial charge in [0.2, 0.25) is 0 Å². The van der Waals surface area contributed by atoms with E-state index in [1.54, 1.807) is 36.4 Å². The lowest BCUT2D eigenvalue weighted by Gasteiger charge is -2.42. The van der Waals surface area contributed by atoms with Crippen LogP contribution in [0.3, 0.4) is 0 Å². The molecule has 8 heteroatoms. The molecule has 6 nitrogen and oxygen atoms in total. The summed E-state index contributed by atoms with van der Waals surface area (Å²) in [7, 11) is 0. The normalized spacial score (nSPS) is 25.1. The summed E-state index contributed by atoms with van der Waals surface area (Å²) in [4.78, 5) is 13.1. The number of rotatable bonds is 12. The fraction of sp³-hybridized carbons (Fsp3) is 0.262. The highest BCUT2D eigenvalue weighted by Crippen LogP contribution is 2.47. The van der Waals surface area contributed by atoms with E-state index in [9.17, 15) is 9.90 Å². The molecule has 256 valence electrons. The zero-order valence-corrected chi connectivity index (χ0v) is 29.2. The van der Waals surface area contributed by atoms with Crippen LogP contribution in [-0.4, -0.2) is 36.9 Å². The van der Waals surface area contributed by atoms with Crippen LogP contribution in [0.15, 0.2) is 144 Å². The van der Waals surface area contributed by atoms with Crippen molar-refractivity contribution < 1.29 is 23.8 Å². The Bertz CT molecular complexity index is 1880. The average molecular weight is 736 g/mol. The smallest absolute Gasteiger partial charge is 0.256 e. The molecule has 1 amide bonds. The number of nitrogens with one attached hydrogen (secondary N) is 2. The molecule has 6 rings (SSSR count). The molecule has 3 aromatic carbocycles. The molecule has 0 spiro atoms. The highest BCUT2D eigenvalue weighted by Gasteiger charge is 2.54. The van der Waals surface area contributed by atoms with E-state index in [4.69, 9.17) is 9.47 Å². The molecule has 1 aliphatic heterocycles. The monoisotopic (exact) mass is 734 g/mol. The van der Waals surface area contributed by atoms with Crippen LogP contribution in [0.5, 0.6) is 0 Å². The highest BCUT2D eigenvalue weighted by molar-refractivity contribution is 9.10. The number of aliphatic hydroxyl groups excluding tert-OH is 1. The summed E-state index contributed by atoms with van der Waals surface area (Å²) in [5, 5.41) is 17.2.